The zero-order chi connectivity index (χ0) is 12.7. The number of thiophene rings is 1. The number of anilines is 1. The molecule has 0 unspecified atom stereocenters. The van der Waals surface area contributed by atoms with E-state index in [9.17, 15) is 14.9 Å². The van der Waals surface area contributed by atoms with Gasteiger partial charge >= 0.3 is 0 Å². The summed E-state index contributed by atoms with van der Waals surface area (Å²) in [5.41, 5.74) is 0.0698. The van der Waals surface area contributed by atoms with E-state index in [2.05, 4.69) is 5.32 Å². The summed E-state index contributed by atoms with van der Waals surface area (Å²) in [6.07, 6.45) is 1.92. The minimum absolute atomic E-state index is 0.0519. The van der Waals surface area contributed by atoms with E-state index in [4.69, 9.17) is 0 Å². The quantitative estimate of drug-likeness (QED) is 0.682. The highest BCUT2D eigenvalue weighted by Gasteiger charge is 2.29. The van der Waals surface area contributed by atoms with E-state index in [-0.39, 0.29) is 17.5 Å². The molecule has 0 aliphatic heterocycles. The van der Waals surface area contributed by atoms with Gasteiger partial charge in [-0.1, -0.05) is 0 Å². The molecule has 1 amide bonds. The smallest absolute Gasteiger partial charge is 0.270 e. The van der Waals surface area contributed by atoms with Crippen molar-refractivity contribution in [3.63, 3.8) is 0 Å². The molecule has 1 heterocycles. The molecule has 3 rings (SSSR count). The second kappa shape index (κ2) is 4.06. The van der Waals surface area contributed by atoms with E-state index < -0.39 is 4.92 Å². The van der Waals surface area contributed by atoms with Crippen molar-refractivity contribution in [2.24, 2.45) is 5.92 Å². The Kier molecular flexibility index (Phi) is 2.52. The molecule has 6 heteroatoms. The molecule has 18 heavy (non-hydrogen) atoms. The Labute approximate surface area is 107 Å². The Morgan fingerprint density at radius 2 is 2.17 bits per heavy atom. The number of benzene rings is 1. The first kappa shape index (κ1) is 11.2. The molecular weight excluding hydrogens is 252 g/mol. The van der Waals surface area contributed by atoms with Crippen LogP contribution >= 0.6 is 11.3 Å². The molecule has 0 bridgehead atoms. The van der Waals surface area contributed by atoms with Crippen LogP contribution in [0.15, 0.2) is 24.3 Å². The number of nitrogens with one attached hydrogen (secondary N) is 1. The van der Waals surface area contributed by atoms with Gasteiger partial charge < -0.3 is 5.32 Å². The SMILES string of the molecule is O=C(Nc1cc2cc([N+](=O)[O-])ccc2s1)C1CC1. The van der Waals surface area contributed by atoms with E-state index in [1.807, 2.05) is 0 Å². The Hall–Kier alpha value is -1.95. The maximum Gasteiger partial charge on any atom is 0.270 e. The van der Waals surface area contributed by atoms with Gasteiger partial charge in [0.05, 0.1) is 9.92 Å². The highest BCUT2D eigenvalue weighted by molar-refractivity contribution is 7.23. The third-order valence-electron chi connectivity index (χ3n) is 2.91. The summed E-state index contributed by atoms with van der Waals surface area (Å²) < 4.78 is 0.937. The lowest BCUT2D eigenvalue weighted by atomic mass is 10.2. The van der Waals surface area contributed by atoms with Crippen LogP contribution in [0.3, 0.4) is 0 Å². The zero-order valence-corrected chi connectivity index (χ0v) is 10.2. The minimum atomic E-state index is -0.417. The van der Waals surface area contributed by atoms with Crippen molar-refractivity contribution in [1.29, 1.82) is 0 Å². The maximum absolute atomic E-state index is 11.6. The lowest BCUT2D eigenvalue weighted by Gasteiger charge is -1.98. The molecule has 1 aromatic carbocycles. The molecular formula is C12H10N2O3S. The lowest BCUT2D eigenvalue weighted by Crippen LogP contribution is -2.11. The second-order valence-corrected chi connectivity index (χ2v) is 5.44. The number of nitrogens with zero attached hydrogens (tertiary/aromatic N) is 1. The summed E-state index contributed by atoms with van der Waals surface area (Å²) >= 11 is 1.44. The number of hydrogen-bond acceptors (Lipinski definition) is 4. The number of nitro benzene ring substituents is 1. The molecule has 0 radical (unpaired) electrons. The van der Waals surface area contributed by atoms with E-state index >= 15 is 0 Å². The fourth-order valence-corrected chi connectivity index (χ4v) is 2.72. The van der Waals surface area contributed by atoms with Crippen LogP contribution in [0, 0.1) is 16.0 Å². The van der Waals surface area contributed by atoms with Crippen LogP contribution in [0.5, 0.6) is 0 Å². The Bertz CT molecular complexity index is 646. The predicted octanol–water partition coefficient (Wildman–Crippen LogP) is 3.16. The molecule has 0 saturated heterocycles. The van der Waals surface area contributed by atoms with Crippen molar-refractivity contribution >= 4 is 38.0 Å². The normalized spacial score (nSPS) is 14.7. The molecule has 1 saturated carbocycles. The monoisotopic (exact) mass is 262 g/mol. The van der Waals surface area contributed by atoms with Crippen LogP contribution in [0.1, 0.15) is 12.8 Å². The van der Waals surface area contributed by atoms with Gasteiger partial charge in [0.2, 0.25) is 5.91 Å². The van der Waals surface area contributed by atoms with Crippen molar-refractivity contribution in [2.45, 2.75) is 12.8 Å². The van der Waals surface area contributed by atoms with Crippen LogP contribution in [-0.2, 0) is 4.79 Å². The molecule has 1 N–H and O–H groups in total. The number of amides is 1. The number of fused-ring (bicyclic) bond motifs is 1. The van der Waals surface area contributed by atoms with Crippen molar-refractivity contribution in [1.82, 2.24) is 0 Å². The van der Waals surface area contributed by atoms with E-state index in [1.54, 1.807) is 12.1 Å². The van der Waals surface area contributed by atoms with Crippen LogP contribution < -0.4 is 5.32 Å². The standard InChI is InChI=1S/C12H10N2O3S/c15-12(7-1-2-7)13-11-6-8-5-9(14(16)17)3-4-10(8)18-11/h3-7H,1-2H2,(H,13,15). The largest absolute Gasteiger partial charge is 0.317 e. The zero-order valence-electron chi connectivity index (χ0n) is 9.38. The number of carbonyl (C=O) groups excluding carboxylic acids is 1. The Balaban J connectivity index is 1.90. The van der Waals surface area contributed by atoms with Crippen molar-refractivity contribution < 1.29 is 9.72 Å². The summed E-state index contributed by atoms with van der Waals surface area (Å²) in [6.45, 7) is 0. The average Bonchev–Trinajstić information content (AvgIpc) is 3.09. The highest BCUT2D eigenvalue weighted by atomic mass is 32.1. The Morgan fingerprint density at radius 1 is 1.39 bits per heavy atom. The lowest BCUT2D eigenvalue weighted by molar-refractivity contribution is -0.384. The maximum atomic E-state index is 11.6. The fraction of sp³-hybridized carbons (Fsp3) is 0.250. The molecule has 0 atom stereocenters. The van der Waals surface area contributed by atoms with Crippen LogP contribution in [0.4, 0.5) is 10.7 Å². The van der Waals surface area contributed by atoms with Gasteiger partial charge in [0.25, 0.3) is 5.69 Å². The van der Waals surface area contributed by atoms with Gasteiger partial charge in [-0.25, -0.2) is 0 Å². The highest BCUT2D eigenvalue weighted by Crippen LogP contribution is 2.35. The van der Waals surface area contributed by atoms with Crippen LogP contribution in [0.2, 0.25) is 0 Å². The van der Waals surface area contributed by atoms with Crippen LogP contribution in [-0.4, -0.2) is 10.8 Å². The van der Waals surface area contributed by atoms with Gasteiger partial charge in [0.1, 0.15) is 0 Å². The van der Waals surface area contributed by atoms with Gasteiger partial charge in [-0.15, -0.1) is 11.3 Å². The summed E-state index contributed by atoms with van der Waals surface area (Å²) in [4.78, 5) is 21.9. The molecule has 0 spiro atoms. The molecule has 5 nitrogen and oxygen atoms in total. The molecule has 2 aromatic rings. The number of rotatable bonds is 3. The fourth-order valence-electron chi connectivity index (χ4n) is 1.77. The number of carbonyl (C=O) groups is 1. The minimum Gasteiger partial charge on any atom is -0.317 e. The molecule has 92 valence electrons. The van der Waals surface area contributed by atoms with E-state index in [1.165, 1.54) is 23.5 Å². The summed E-state index contributed by atoms with van der Waals surface area (Å²) in [6, 6.07) is 6.50. The molecule has 1 aliphatic carbocycles. The summed E-state index contributed by atoms with van der Waals surface area (Å²) in [7, 11) is 0. The molecule has 1 aromatic heterocycles. The van der Waals surface area contributed by atoms with Gasteiger partial charge in [-0.2, -0.15) is 0 Å². The average molecular weight is 262 g/mol. The predicted molar refractivity (Wildman–Crippen MR) is 69.8 cm³/mol. The Morgan fingerprint density at radius 3 is 2.83 bits per heavy atom. The van der Waals surface area contributed by atoms with E-state index in [0.717, 1.165) is 27.9 Å². The topological polar surface area (TPSA) is 72.2 Å². The van der Waals surface area contributed by atoms with Gasteiger partial charge in [-0.3, -0.25) is 14.9 Å². The number of non-ortho nitro benzene ring substituents is 1. The molecule has 1 aliphatic rings. The van der Waals surface area contributed by atoms with E-state index in [0.29, 0.717) is 0 Å². The first-order valence-corrected chi connectivity index (χ1v) is 6.44. The summed E-state index contributed by atoms with van der Waals surface area (Å²) in [5.74, 6) is 0.209. The molecule has 1 fully saturated rings. The van der Waals surface area contributed by atoms with Crippen molar-refractivity contribution in [3.05, 3.63) is 34.4 Å². The first-order chi connectivity index (χ1) is 8.63. The summed E-state index contributed by atoms with van der Waals surface area (Å²) in [5, 5.41) is 15.1. The number of hydrogen-bond donors (Lipinski definition) is 1. The first-order valence-electron chi connectivity index (χ1n) is 5.62. The third-order valence-corrected chi connectivity index (χ3v) is 3.94. The second-order valence-electron chi connectivity index (χ2n) is 4.35. The van der Waals surface area contributed by atoms with Gasteiger partial charge in [0.15, 0.2) is 0 Å². The van der Waals surface area contributed by atoms with Crippen molar-refractivity contribution in [2.75, 3.05) is 5.32 Å². The van der Waals surface area contributed by atoms with Gasteiger partial charge in [-0.05, 0) is 25.0 Å². The van der Waals surface area contributed by atoms with Gasteiger partial charge in [0, 0.05) is 28.1 Å². The van der Waals surface area contributed by atoms with Crippen molar-refractivity contribution in [3.8, 4) is 0 Å². The number of nitro groups is 1. The third kappa shape index (κ3) is 2.06. The van der Waals surface area contributed by atoms with Crippen LogP contribution in [0.25, 0.3) is 10.1 Å².